The number of allylic oxidation sites excluding steroid dienone is 2. The molecule has 2 unspecified atom stereocenters. The molecule has 0 bridgehead atoms. The number of halogens is 2. The number of hydrogen-bond donors (Lipinski definition) is 1. The second-order valence-corrected chi connectivity index (χ2v) is 10.0. The molecule has 0 amide bonds. The minimum absolute atomic E-state index is 0.0195. The summed E-state index contributed by atoms with van der Waals surface area (Å²) in [5, 5.41) is 11.2. The van der Waals surface area contributed by atoms with Gasteiger partial charge in [-0.3, -0.25) is 4.79 Å². The summed E-state index contributed by atoms with van der Waals surface area (Å²) in [5.41, 5.74) is -1.67. The Hall–Kier alpha value is 0.0300. The van der Waals surface area contributed by atoms with Gasteiger partial charge in [0.1, 0.15) is 17.6 Å². The molecule has 4 aliphatic rings. The number of aliphatic hydroxyl groups is 1. The lowest BCUT2D eigenvalue weighted by Crippen LogP contribution is -2.67. The van der Waals surface area contributed by atoms with Gasteiger partial charge in [0.2, 0.25) is 0 Å². The van der Waals surface area contributed by atoms with Gasteiger partial charge in [-0.05, 0) is 76.0 Å². The molecule has 4 aliphatic carbocycles. The normalized spacial score (nSPS) is 55.7. The minimum atomic E-state index is -1.43. The van der Waals surface area contributed by atoms with Crippen LogP contribution in [0, 0.1) is 28.6 Å². The first-order valence-electron chi connectivity index (χ1n) is 8.97. The van der Waals surface area contributed by atoms with E-state index in [1.54, 1.807) is 0 Å². The third-order valence-corrected chi connectivity index (χ3v) is 9.79. The van der Waals surface area contributed by atoms with E-state index in [0.717, 1.165) is 19.3 Å². The highest BCUT2D eigenvalue weighted by Crippen LogP contribution is 2.68. The molecule has 4 rings (SSSR count). The lowest BCUT2D eigenvalue weighted by atomic mass is 9.43. The Labute approximate surface area is 151 Å². The molecule has 7 atom stereocenters. The number of Topliss-reactive ketones (excluding diaryl/α,β-unsaturated/α-hetero) is 1. The first-order chi connectivity index (χ1) is 10.7. The number of rotatable bonds is 0. The summed E-state index contributed by atoms with van der Waals surface area (Å²) in [6, 6.07) is 0. The first kappa shape index (κ1) is 16.5. The Bertz CT molecular complexity index is 590. The third kappa shape index (κ3) is 1.97. The van der Waals surface area contributed by atoms with Crippen LogP contribution in [0.2, 0.25) is 0 Å². The van der Waals surface area contributed by atoms with Crippen LogP contribution in [0.5, 0.6) is 0 Å². The number of ketones is 1. The van der Waals surface area contributed by atoms with Gasteiger partial charge in [-0.25, -0.2) is 4.39 Å². The van der Waals surface area contributed by atoms with Gasteiger partial charge in [0.25, 0.3) is 0 Å². The lowest BCUT2D eigenvalue weighted by molar-refractivity contribution is -0.230. The number of hydrogen-bond acceptors (Lipinski definition) is 2. The molecule has 0 spiro atoms. The lowest BCUT2D eigenvalue weighted by Gasteiger charge is -2.63. The topological polar surface area (TPSA) is 37.3 Å². The molecule has 0 aromatic rings. The average Bonchev–Trinajstić information content (AvgIpc) is 2.79. The van der Waals surface area contributed by atoms with E-state index in [9.17, 15) is 9.90 Å². The van der Waals surface area contributed by atoms with Crippen molar-refractivity contribution in [2.45, 2.75) is 70.6 Å². The molecule has 1 N–H and O–H groups in total. The molecule has 3 fully saturated rings. The van der Waals surface area contributed by atoms with Gasteiger partial charge in [-0.15, -0.1) is 0 Å². The van der Waals surface area contributed by atoms with E-state index in [1.807, 2.05) is 0 Å². The summed E-state index contributed by atoms with van der Waals surface area (Å²) >= 11 is 2.47. The SMILES string of the molecule is C[C@]12CC[C@H]3[C@@H](CC(F)C4(O)CC(=O)CC[C@]34C)[C@@H]1CC=C2I. The van der Waals surface area contributed by atoms with Crippen LogP contribution in [0.4, 0.5) is 4.39 Å². The van der Waals surface area contributed by atoms with Crippen molar-refractivity contribution in [2.24, 2.45) is 28.6 Å². The Kier molecular flexibility index (Phi) is 3.60. The predicted molar refractivity (Wildman–Crippen MR) is 96.0 cm³/mol. The zero-order valence-electron chi connectivity index (χ0n) is 13.9. The van der Waals surface area contributed by atoms with Gasteiger partial charge in [-0.2, -0.15) is 0 Å². The van der Waals surface area contributed by atoms with Crippen molar-refractivity contribution >= 4 is 28.4 Å². The summed E-state index contributed by atoms with van der Waals surface area (Å²) in [6.45, 7) is 4.42. The maximum atomic E-state index is 15.2. The molecule has 4 heteroatoms. The summed E-state index contributed by atoms with van der Waals surface area (Å²) in [5.74, 6) is 1.22. The van der Waals surface area contributed by atoms with Gasteiger partial charge in [0, 0.05) is 23.7 Å². The molecule has 0 aromatic heterocycles. The molecule has 0 aromatic carbocycles. The summed E-state index contributed by atoms with van der Waals surface area (Å²) in [7, 11) is 0. The molecular formula is C19H26FIO2. The zero-order valence-corrected chi connectivity index (χ0v) is 16.1. The van der Waals surface area contributed by atoms with E-state index in [-0.39, 0.29) is 17.6 Å². The maximum absolute atomic E-state index is 15.2. The number of carbonyl (C=O) groups is 1. The quantitative estimate of drug-likeness (QED) is 0.569. The smallest absolute Gasteiger partial charge is 0.135 e. The molecule has 128 valence electrons. The molecule has 0 saturated heterocycles. The highest BCUT2D eigenvalue weighted by Gasteiger charge is 2.67. The maximum Gasteiger partial charge on any atom is 0.135 e. The predicted octanol–water partition coefficient (Wildman–Crippen LogP) is 4.59. The van der Waals surface area contributed by atoms with Crippen LogP contribution in [0.1, 0.15) is 58.8 Å². The van der Waals surface area contributed by atoms with Crippen molar-refractivity contribution in [3.63, 3.8) is 0 Å². The molecule has 0 aliphatic heterocycles. The Balaban J connectivity index is 1.73. The Morgan fingerprint density at radius 3 is 2.78 bits per heavy atom. The molecule has 23 heavy (non-hydrogen) atoms. The number of carbonyl (C=O) groups excluding carboxylic acids is 1. The number of alkyl halides is 1. The Morgan fingerprint density at radius 2 is 2.04 bits per heavy atom. The first-order valence-corrected chi connectivity index (χ1v) is 10.0. The van der Waals surface area contributed by atoms with Crippen molar-refractivity contribution in [1.82, 2.24) is 0 Å². The summed E-state index contributed by atoms with van der Waals surface area (Å²) in [6.07, 6.45) is 5.92. The third-order valence-electron chi connectivity index (χ3n) is 8.12. The van der Waals surface area contributed by atoms with Crippen LogP contribution >= 0.6 is 22.6 Å². The fraction of sp³-hybridized carbons (Fsp3) is 0.842. The average molecular weight is 432 g/mol. The van der Waals surface area contributed by atoms with Crippen LogP contribution in [0.25, 0.3) is 0 Å². The van der Waals surface area contributed by atoms with E-state index in [2.05, 4.69) is 42.5 Å². The van der Waals surface area contributed by atoms with E-state index in [0.29, 0.717) is 37.0 Å². The minimum Gasteiger partial charge on any atom is -0.386 e. The molecule has 0 heterocycles. The molecular weight excluding hydrogens is 406 g/mol. The van der Waals surface area contributed by atoms with E-state index >= 15 is 4.39 Å². The standard InChI is InChI=1S/C19H26FIO2/c1-17-7-6-14-12(13(17)3-4-16(17)21)9-15(20)19(23)10-11(22)5-8-18(14,19)2/h4,12-15,23H,3,5-10H2,1-2H3/t12-,13-,14-,15?,17-,18+,19?/m0/s1. The van der Waals surface area contributed by atoms with E-state index in [1.165, 1.54) is 3.58 Å². The fourth-order valence-corrected chi connectivity index (χ4v) is 7.46. The largest absolute Gasteiger partial charge is 0.386 e. The van der Waals surface area contributed by atoms with Gasteiger partial charge in [0.15, 0.2) is 0 Å². The van der Waals surface area contributed by atoms with Gasteiger partial charge >= 0.3 is 0 Å². The highest BCUT2D eigenvalue weighted by atomic mass is 127. The summed E-state index contributed by atoms with van der Waals surface area (Å²) < 4.78 is 16.6. The molecule has 3 saturated carbocycles. The van der Waals surface area contributed by atoms with Crippen molar-refractivity contribution in [3.8, 4) is 0 Å². The summed E-state index contributed by atoms with van der Waals surface area (Å²) in [4.78, 5) is 11.9. The van der Waals surface area contributed by atoms with Crippen LogP contribution in [0.3, 0.4) is 0 Å². The highest BCUT2D eigenvalue weighted by molar-refractivity contribution is 14.1. The van der Waals surface area contributed by atoms with E-state index < -0.39 is 17.2 Å². The van der Waals surface area contributed by atoms with Crippen LogP contribution in [-0.4, -0.2) is 22.7 Å². The molecule has 2 nitrogen and oxygen atoms in total. The van der Waals surface area contributed by atoms with Gasteiger partial charge in [-0.1, -0.05) is 19.9 Å². The zero-order chi connectivity index (χ0) is 16.6. The van der Waals surface area contributed by atoms with Crippen molar-refractivity contribution in [3.05, 3.63) is 9.66 Å². The Morgan fingerprint density at radius 1 is 1.30 bits per heavy atom. The van der Waals surface area contributed by atoms with Crippen molar-refractivity contribution in [1.29, 1.82) is 0 Å². The van der Waals surface area contributed by atoms with Crippen molar-refractivity contribution < 1.29 is 14.3 Å². The van der Waals surface area contributed by atoms with Gasteiger partial charge < -0.3 is 5.11 Å². The fourth-order valence-electron chi connectivity index (χ4n) is 6.54. The van der Waals surface area contributed by atoms with Gasteiger partial charge in [0.05, 0.1) is 0 Å². The van der Waals surface area contributed by atoms with Crippen LogP contribution in [0.15, 0.2) is 9.66 Å². The second-order valence-electron chi connectivity index (χ2n) is 8.88. The van der Waals surface area contributed by atoms with Crippen LogP contribution < -0.4 is 0 Å². The monoisotopic (exact) mass is 432 g/mol. The van der Waals surface area contributed by atoms with E-state index in [4.69, 9.17) is 0 Å². The number of fused-ring (bicyclic) bond motifs is 5. The molecule has 0 radical (unpaired) electrons. The second kappa shape index (κ2) is 5.03. The van der Waals surface area contributed by atoms with Crippen LogP contribution in [-0.2, 0) is 4.79 Å². The van der Waals surface area contributed by atoms with Crippen molar-refractivity contribution in [2.75, 3.05) is 0 Å².